The molecule has 0 amide bonds. The molecule has 3 heteroatoms. The van der Waals surface area contributed by atoms with Gasteiger partial charge in [0.15, 0.2) is 0 Å². The SMILES string of the molecule is CCOC1CC(NCC2CCC(N)CC2)C1. The first-order valence-corrected chi connectivity index (χ1v) is 6.88. The Morgan fingerprint density at radius 1 is 1.19 bits per heavy atom. The molecule has 0 radical (unpaired) electrons. The molecule has 2 rings (SSSR count). The molecular formula is C13H26N2O. The summed E-state index contributed by atoms with van der Waals surface area (Å²) in [5, 5.41) is 3.67. The van der Waals surface area contributed by atoms with E-state index in [0.29, 0.717) is 18.2 Å². The molecule has 0 saturated heterocycles. The quantitative estimate of drug-likeness (QED) is 0.749. The Hall–Kier alpha value is -0.120. The smallest absolute Gasteiger partial charge is 0.0604 e. The van der Waals surface area contributed by atoms with Crippen molar-refractivity contribution >= 4 is 0 Å². The lowest BCUT2D eigenvalue weighted by atomic mass is 9.84. The molecule has 16 heavy (non-hydrogen) atoms. The Morgan fingerprint density at radius 2 is 1.88 bits per heavy atom. The van der Waals surface area contributed by atoms with E-state index in [1.165, 1.54) is 45.1 Å². The fourth-order valence-electron chi connectivity index (χ4n) is 2.83. The van der Waals surface area contributed by atoms with Gasteiger partial charge in [-0.2, -0.15) is 0 Å². The zero-order chi connectivity index (χ0) is 11.4. The fraction of sp³-hybridized carbons (Fsp3) is 1.00. The summed E-state index contributed by atoms with van der Waals surface area (Å²) in [7, 11) is 0. The van der Waals surface area contributed by atoms with Gasteiger partial charge in [0, 0.05) is 18.7 Å². The minimum Gasteiger partial charge on any atom is -0.378 e. The highest BCUT2D eigenvalue weighted by molar-refractivity contribution is 4.87. The molecule has 0 aromatic rings. The van der Waals surface area contributed by atoms with Crippen LogP contribution in [0.4, 0.5) is 0 Å². The Labute approximate surface area is 99.1 Å². The largest absolute Gasteiger partial charge is 0.378 e. The van der Waals surface area contributed by atoms with Crippen molar-refractivity contribution in [2.45, 2.75) is 63.6 Å². The van der Waals surface area contributed by atoms with Crippen molar-refractivity contribution in [1.82, 2.24) is 5.32 Å². The van der Waals surface area contributed by atoms with Crippen LogP contribution in [0.25, 0.3) is 0 Å². The lowest BCUT2D eigenvalue weighted by Crippen LogP contribution is -2.47. The third-order valence-corrected chi connectivity index (χ3v) is 4.08. The van der Waals surface area contributed by atoms with E-state index >= 15 is 0 Å². The van der Waals surface area contributed by atoms with Crippen molar-refractivity contribution in [2.75, 3.05) is 13.2 Å². The van der Waals surface area contributed by atoms with Crippen LogP contribution in [0.15, 0.2) is 0 Å². The monoisotopic (exact) mass is 226 g/mol. The van der Waals surface area contributed by atoms with E-state index in [2.05, 4.69) is 12.2 Å². The number of nitrogens with two attached hydrogens (primary N) is 1. The number of rotatable bonds is 5. The summed E-state index contributed by atoms with van der Waals surface area (Å²) < 4.78 is 5.56. The van der Waals surface area contributed by atoms with Gasteiger partial charge in [0.05, 0.1) is 6.10 Å². The van der Waals surface area contributed by atoms with Crippen molar-refractivity contribution < 1.29 is 4.74 Å². The minimum atomic E-state index is 0.474. The van der Waals surface area contributed by atoms with Crippen LogP contribution in [-0.4, -0.2) is 31.3 Å². The van der Waals surface area contributed by atoms with Crippen LogP contribution in [-0.2, 0) is 4.74 Å². The Balaban J connectivity index is 1.52. The molecule has 3 N–H and O–H groups in total. The third-order valence-electron chi connectivity index (χ3n) is 4.08. The highest BCUT2D eigenvalue weighted by Gasteiger charge is 2.29. The second-order valence-electron chi connectivity index (χ2n) is 5.43. The summed E-state index contributed by atoms with van der Waals surface area (Å²) in [5.74, 6) is 0.867. The standard InChI is InChI=1S/C13H26N2O/c1-2-16-13-7-12(8-13)15-9-10-3-5-11(14)6-4-10/h10-13,15H,2-9,14H2,1H3. The second kappa shape index (κ2) is 5.99. The van der Waals surface area contributed by atoms with E-state index in [0.717, 1.165) is 12.5 Å². The Bertz CT molecular complexity index is 196. The molecule has 3 nitrogen and oxygen atoms in total. The molecular weight excluding hydrogens is 200 g/mol. The molecule has 2 fully saturated rings. The van der Waals surface area contributed by atoms with Crippen molar-refractivity contribution in [3.05, 3.63) is 0 Å². The van der Waals surface area contributed by atoms with Gasteiger partial charge in [-0.25, -0.2) is 0 Å². The molecule has 0 aliphatic heterocycles. The average Bonchev–Trinajstić information content (AvgIpc) is 2.24. The summed E-state index contributed by atoms with van der Waals surface area (Å²) in [6.07, 6.45) is 8.02. The van der Waals surface area contributed by atoms with Crippen LogP contribution in [0.2, 0.25) is 0 Å². The normalized spacial score (nSPS) is 39.4. The van der Waals surface area contributed by atoms with Crippen LogP contribution >= 0.6 is 0 Å². The van der Waals surface area contributed by atoms with Gasteiger partial charge in [-0.15, -0.1) is 0 Å². The molecule has 2 aliphatic rings. The van der Waals surface area contributed by atoms with Crippen LogP contribution in [0.1, 0.15) is 45.4 Å². The Morgan fingerprint density at radius 3 is 2.50 bits per heavy atom. The van der Waals surface area contributed by atoms with E-state index in [1.54, 1.807) is 0 Å². The molecule has 94 valence electrons. The van der Waals surface area contributed by atoms with Crippen molar-refractivity contribution in [3.63, 3.8) is 0 Å². The lowest BCUT2D eigenvalue weighted by molar-refractivity contribution is -0.0109. The maximum absolute atomic E-state index is 5.90. The molecule has 0 heterocycles. The zero-order valence-electron chi connectivity index (χ0n) is 10.5. The maximum Gasteiger partial charge on any atom is 0.0604 e. The van der Waals surface area contributed by atoms with Crippen LogP contribution in [0, 0.1) is 5.92 Å². The predicted molar refractivity (Wildman–Crippen MR) is 66.4 cm³/mol. The first-order valence-electron chi connectivity index (χ1n) is 6.88. The van der Waals surface area contributed by atoms with E-state index < -0.39 is 0 Å². The van der Waals surface area contributed by atoms with Crippen LogP contribution in [0.5, 0.6) is 0 Å². The number of ether oxygens (including phenoxy) is 1. The summed E-state index contributed by atoms with van der Waals surface area (Å²) in [6, 6.07) is 1.19. The fourth-order valence-corrected chi connectivity index (χ4v) is 2.83. The third kappa shape index (κ3) is 3.44. The van der Waals surface area contributed by atoms with E-state index in [4.69, 9.17) is 10.5 Å². The molecule has 0 atom stereocenters. The van der Waals surface area contributed by atoms with Crippen molar-refractivity contribution in [1.29, 1.82) is 0 Å². The molecule has 0 aromatic heterocycles. The summed E-state index contributed by atoms with van der Waals surface area (Å²) in [4.78, 5) is 0. The van der Waals surface area contributed by atoms with E-state index in [1.807, 2.05) is 0 Å². The molecule has 0 spiro atoms. The van der Waals surface area contributed by atoms with Crippen molar-refractivity contribution in [3.8, 4) is 0 Å². The zero-order valence-corrected chi connectivity index (χ0v) is 10.5. The van der Waals surface area contributed by atoms with Gasteiger partial charge >= 0.3 is 0 Å². The molecule has 0 bridgehead atoms. The molecule has 2 saturated carbocycles. The lowest BCUT2D eigenvalue weighted by Gasteiger charge is -2.37. The first-order chi connectivity index (χ1) is 7.78. The minimum absolute atomic E-state index is 0.474. The number of nitrogens with one attached hydrogen (secondary N) is 1. The second-order valence-corrected chi connectivity index (χ2v) is 5.43. The topological polar surface area (TPSA) is 47.3 Å². The van der Waals surface area contributed by atoms with Gasteiger partial charge in [-0.3, -0.25) is 0 Å². The van der Waals surface area contributed by atoms with Gasteiger partial charge in [-0.05, 0) is 57.9 Å². The molecule has 0 aromatic carbocycles. The summed E-state index contributed by atoms with van der Waals surface area (Å²) in [5.41, 5.74) is 5.90. The van der Waals surface area contributed by atoms with Gasteiger partial charge in [0.1, 0.15) is 0 Å². The summed E-state index contributed by atoms with van der Waals surface area (Å²) in [6.45, 7) is 4.13. The number of hydrogen-bond donors (Lipinski definition) is 2. The van der Waals surface area contributed by atoms with Gasteiger partial charge in [0.25, 0.3) is 0 Å². The van der Waals surface area contributed by atoms with Gasteiger partial charge < -0.3 is 15.8 Å². The first kappa shape index (κ1) is 12.3. The van der Waals surface area contributed by atoms with E-state index in [9.17, 15) is 0 Å². The summed E-state index contributed by atoms with van der Waals surface area (Å²) >= 11 is 0. The molecule has 0 unspecified atom stereocenters. The molecule has 2 aliphatic carbocycles. The Kier molecular flexibility index (Phi) is 4.62. The predicted octanol–water partition coefficient (Wildman–Crippen LogP) is 1.66. The van der Waals surface area contributed by atoms with Crippen LogP contribution in [0.3, 0.4) is 0 Å². The van der Waals surface area contributed by atoms with Gasteiger partial charge in [0.2, 0.25) is 0 Å². The maximum atomic E-state index is 5.90. The number of hydrogen-bond acceptors (Lipinski definition) is 3. The van der Waals surface area contributed by atoms with E-state index in [-0.39, 0.29) is 0 Å². The average molecular weight is 226 g/mol. The van der Waals surface area contributed by atoms with Gasteiger partial charge in [-0.1, -0.05) is 0 Å². The van der Waals surface area contributed by atoms with Crippen molar-refractivity contribution in [2.24, 2.45) is 11.7 Å². The highest BCUT2D eigenvalue weighted by atomic mass is 16.5. The highest BCUT2D eigenvalue weighted by Crippen LogP contribution is 2.26. The van der Waals surface area contributed by atoms with Crippen LogP contribution < -0.4 is 11.1 Å².